The van der Waals surface area contributed by atoms with Gasteiger partial charge in [-0.15, -0.1) is 0 Å². The number of anilines is 1. The van der Waals surface area contributed by atoms with Crippen molar-refractivity contribution in [2.24, 2.45) is 5.92 Å². The summed E-state index contributed by atoms with van der Waals surface area (Å²) in [7, 11) is 0. The molecule has 4 nitrogen and oxygen atoms in total. The summed E-state index contributed by atoms with van der Waals surface area (Å²) in [6.07, 6.45) is 5.03. The summed E-state index contributed by atoms with van der Waals surface area (Å²) in [6, 6.07) is 6.60. The van der Waals surface area contributed by atoms with Gasteiger partial charge in [0.05, 0.1) is 0 Å². The van der Waals surface area contributed by atoms with Crippen LogP contribution in [0.5, 0.6) is 0 Å². The van der Waals surface area contributed by atoms with E-state index in [4.69, 9.17) is 24.4 Å². The number of hydrogen-bond acceptors (Lipinski definition) is 2. The molecule has 0 aromatic heterocycles. The molecule has 0 aliphatic heterocycles. The quantitative estimate of drug-likeness (QED) is 0.483. The van der Waals surface area contributed by atoms with E-state index in [0.717, 1.165) is 16.8 Å². The van der Waals surface area contributed by atoms with Gasteiger partial charge in [0.1, 0.15) is 0 Å². The van der Waals surface area contributed by atoms with Gasteiger partial charge in [-0.05, 0) is 68.2 Å². The van der Waals surface area contributed by atoms with Crippen molar-refractivity contribution >= 4 is 40.3 Å². The summed E-state index contributed by atoms with van der Waals surface area (Å²) in [5, 5.41) is 7.69. The normalized spacial score (nSPS) is 20.5. The van der Waals surface area contributed by atoms with Crippen molar-refractivity contribution in [3.05, 3.63) is 29.3 Å². The largest absolute Gasteiger partial charge is 0.358 e. The number of benzene rings is 1. The van der Waals surface area contributed by atoms with Gasteiger partial charge in [-0.3, -0.25) is 10.9 Å². The lowest BCUT2D eigenvalue weighted by atomic mass is 9.86. The van der Waals surface area contributed by atoms with E-state index in [2.05, 4.69) is 54.4 Å². The van der Waals surface area contributed by atoms with E-state index < -0.39 is 0 Å². The van der Waals surface area contributed by atoms with Crippen molar-refractivity contribution in [1.82, 2.24) is 16.2 Å². The number of rotatable bonds is 2. The highest BCUT2D eigenvalue weighted by atomic mass is 32.1. The van der Waals surface area contributed by atoms with Gasteiger partial charge in [0.15, 0.2) is 10.2 Å². The first kappa shape index (κ1) is 17.9. The summed E-state index contributed by atoms with van der Waals surface area (Å²) < 4.78 is 0. The van der Waals surface area contributed by atoms with Crippen LogP contribution in [0.1, 0.15) is 43.7 Å². The molecule has 0 unspecified atom stereocenters. The van der Waals surface area contributed by atoms with Crippen molar-refractivity contribution in [3.63, 3.8) is 0 Å². The Morgan fingerprint density at radius 1 is 1.00 bits per heavy atom. The molecule has 4 N–H and O–H groups in total. The highest BCUT2D eigenvalue weighted by Gasteiger charge is 2.21. The predicted molar refractivity (Wildman–Crippen MR) is 106 cm³/mol. The first-order valence-electron chi connectivity index (χ1n) is 8.17. The molecule has 1 fully saturated rings. The number of thiocarbonyl (C=S) groups is 2. The second-order valence-electron chi connectivity index (χ2n) is 6.31. The minimum Gasteiger partial charge on any atom is -0.358 e. The number of hydrazine groups is 1. The maximum absolute atomic E-state index is 5.35. The highest BCUT2D eigenvalue weighted by molar-refractivity contribution is 7.80. The van der Waals surface area contributed by atoms with Gasteiger partial charge in [-0.25, -0.2) is 0 Å². The average Bonchev–Trinajstić information content (AvgIpc) is 2.51. The molecule has 0 spiro atoms. The highest BCUT2D eigenvalue weighted by Crippen LogP contribution is 2.23. The van der Waals surface area contributed by atoms with Crippen molar-refractivity contribution in [1.29, 1.82) is 0 Å². The van der Waals surface area contributed by atoms with E-state index in [-0.39, 0.29) is 0 Å². The van der Waals surface area contributed by atoms with E-state index in [1.54, 1.807) is 0 Å². The van der Waals surface area contributed by atoms with Crippen LogP contribution in [-0.4, -0.2) is 16.3 Å². The predicted octanol–water partition coefficient (Wildman–Crippen LogP) is 3.55. The Kier molecular flexibility index (Phi) is 6.59. The van der Waals surface area contributed by atoms with Gasteiger partial charge in [-0.1, -0.05) is 38.0 Å². The second-order valence-corrected chi connectivity index (χ2v) is 7.13. The summed E-state index contributed by atoms with van der Waals surface area (Å²) in [6.45, 7) is 6.39. The molecular formula is C17H26N4S2. The molecule has 0 heterocycles. The molecule has 1 aromatic carbocycles. The third-order valence-corrected chi connectivity index (χ3v) is 4.86. The van der Waals surface area contributed by atoms with Crippen molar-refractivity contribution < 1.29 is 0 Å². The van der Waals surface area contributed by atoms with Crippen LogP contribution in [0.4, 0.5) is 5.69 Å². The summed E-state index contributed by atoms with van der Waals surface area (Å²) in [5.74, 6) is 0.656. The fourth-order valence-corrected chi connectivity index (χ4v) is 3.36. The number of aryl methyl sites for hydroxylation is 2. The van der Waals surface area contributed by atoms with Gasteiger partial charge in [-0.2, -0.15) is 0 Å². The first-order chi connectivity index (χ1) is 11.0. The molecule has 1 aliphatic rings. The minimum atomic E-state index is 0.450. The lowest BCUT2D eigenvalue weighted by Crippen LogP contribution is -2.52. The van der Waals surface area contributed by atoms with Gasteiger partial charge in [0, 0.05) is 11.7 Å². The third kappa shape index (κ3) is 5.32. The average molecular weight is 351 g/mol. The molecule has 1 aromatic rings. The molecule has 0 bridgehead atoms. The fourth-order valence-electron chi connectivity index (χ4n) is 3.01. The summed E-state index contributed by atoms with van der Waals surface area (Å²) >= 11 is 10.7. The van der Waals surface area contributed by atoms with Gasteiger partial charge < -0.3 is 10.6 Å². The van der Waals surface area contributed by atoms with Crippen LogP contribution < -0.4 is 21.5 Å². The molecule has 1 aliphatic carbocycles. The molecule has 1 saturated carbocycles. The Bertz CT molecular complexity index is 553. The third-order valence-electron chi connectivity index (χ3n) is 4.44. The Hall–Kier alpha value is -1.40. The molecule has 6 heteroatoms. The van der Waals surface area contributed by atoms with Gasteiger partial charge in [0.2, 0.25) is 0 Å². The molecule has 23 heavy (non-hydrogen) atoms. The molecule has 126 valence electrons. The Morgan fingerprint density at radius 2 is 1.61 bits per heavy atom. The summed E-state index contributed by atoms with van der Waals surface area (Å²) in [5.41, 5.74) is 9.28. The van der Waals surface area contributed by atoms with Gasteiger partial charge >= 0.3 is 0 Å². The summed E-state index contributed by atoms with van der Waals surface area (Å²) in [4.78, 5) is 0. The van der Waals surface area contributed by atoms with E-state index in [0.29, 0.717) is 22.2 Å². The van der Waals surface area contributed by atoms with Crippen LogP contribution in [-0.2, 0) is 0 Å². The van der Waals surface area contributed by atoms with Crippen LogP contribution in [0.2, 0.25) is 0 Å². The zero-order chi connectivity index (χ0) is 16.8. The monoisotopic (exact) mass is 350 g/mol. The number of nitrogens with one attached hydrogen (secondary N) is 4. The van der Waals surface area contributed by atoms with Crippen LogP contribution in [0, 0.1) is 19.8 Å². The SMILES string of the molecule is Cc1cccc(C)c1NC(=S)NNC(=S)N[C@@H]1CCCC[C@H]1C. The molecule has 0 saturated heterocycles. The Labute approximate surface area is 149 Å². The maximum atomic E-state index is 5.35. The lowest BCUT2D eigenvalue weighted by molar-refractivity contribution is 0.308. The number of para-hydroxylation sites is 1. The van der Waals surface area contributed by atoms with E-state index in [1.807, 2.05) is 6.07 Å². The second kappa shape index (κ2) is 8.45. The van der Waals surface area contributed by atoms with E-state index >= 15 is 0 Å². The molecular weight excluding hydrogens is 324 g/mol. The van der Waals surface area contributed by atoms with Crippen molar-refractivity contribution in [2.75, 3.05) is 5.32 Å². The van der Waals surface area contributed by atoms with Gasteiger partial charge in [0.25, 0.3) is 0 Å². The van der Waals surface area contributed by atoms with E-state index in [1.165, 1.54) is 25.7 Å². The zero-order valence-electron chi connectivity index (χ0n) is 14.0. The molecule has 0 amide bonds. The standard InChI is InChI=1S/C17H26N4S2/c1-11-7-4-5-10-14(11)18-16(22)20-21-17(23)19-15-12(2)8-6-9-13(15)3/h6,8-9,11,14H,4-5,7,10H2,1-3H3,(H2,18,20,22)(H2,19,21,23)/t11-,14-/m1/s1. The van der Waals surface area contributed by atoms with Crippen LogP contribution >= 0.6 is 24.4 Å². The Balaban J connectivity index is 1.78. The molecule has 2 atom stereocenters. The van der Waals surface area contributed by atoms with Crippen molar-refractivity contribution in [3.8, 4) is 0 Å². The maximum Gasteiger partial charge on any atom is 0.189 e. The van der Waals surface area contributed by atoms with Crippen LogP contribution in [0.25, 0.3) is 0 Å². The lowest BCUT2D eigenvalue weighted by Gasteiger charge is -2.30. The van der Waals surface area contributed by atoms with Crippen LogP contribution in [0.15, 0.2) is 18.2 Å². The number of hydrogen-bond donors (Lipinski definition) is 4. The fraction of sp³-hybridized carbons (Fsp3) is 0.529. The Morgan fingerprint density at radius 3 is 2.26 bits per heavy atom. The smallest absolute Gasteiger partial charge is 0.189 e. The zero-order valence-corrected chi connectivity index (χ0v) is 15.7. The van der Waals surface area contributed by atoms with Crippen LogP contribution in [0.3, 0.4) is 0 Å². The minimum absolute atomic E-state index is 0.450. The first-order valence-corrected chi connectivity index (χ1v) is 8.98. The van der Waals surface area contributed by atoms with E-state index in [9.17, 15) is 0 Å². The van der Waals surface area contributed by atoms with Crippen molar-refractivity contribution in [2.45, 2.75) is 52.5 Å². The molecule has 0 radical (unpaired) electrons. The molecule has 2 rings (SSSR count). The topological polar surface area (TPSA) is 48.1 Å².